The van der Waals surface area contributed by atoms with E-state index in [0.717, 1.165) is 30.8 Å². The first kappa shape index (κ1) is 17.1. The summed E-state index contributed by atoms with van der Waals surface area (Å²) in [5, 5.41) is 3.32. The van der Waals surface area contributed by atoms with Gasteiger partial charge in [-0.15, -0.1) is 0 Å². The van der Waals surface area contributed by atoms with Crippen molar-refractivity contribution >= 4 is 5.96 Å². The second-order valence-electron chi connectivity index (χ2n) is 6.62. The average Bonchev–Trinajstić information content (AvgIpc) is 2.63. The van der Waals surface area contributed by atoms with E-state index in [4.69, 9.17) is 15.2 Å². The lowest BCUT2D eigenvalue weighted by Gasteiger charge is -2.27. The molecule has 0 aromatic heterocycles. The van der Waals surface area contributed by atoms with Gasteiger partial charge in [0.15, 0.2) is 5.96 Å². The molecule has 1 saturated carbocycles. The van der Waals surface area contributed by atoms with E-state index in [2.05, 4.69) is 16.4 Å². The van der Waals surface area contributed by atoms with Crippen molar-refractivity contribution < 1.29 is 9.47 Å². The maximum absolute atomic E-state index is 6.04. The molecule has 132 valence electrons. The molecule has 0 saturated heterocycles. The fourth-order valence-corrected chi connectivity index (χ4v) is 3.46. The van der Waals surface area contributed by atoms with Crippen LogP contribution < -0.4 is 15.8 Å². The highest BCUT2D eigenvalue weighted by atomic mass is 16.5. The smallest absolute Gasteiger partial charge is 0.189 e. The number of nitrogens with zero attached hydrogens (tertiary/aromatic N) is 1. The molecule has 5 heteroatoms. The van der Waals surface area contributed by atoms with Gasteiger partial charge in [-0.3, -0.25) is 4.99 Å². The number of nitrogens with two attached hydrogens (primary N) is 1. The molecule has 1 fully saturated rings. The van der Waals surface area contributed by atoms with Crippen molar-refractivity contribution in [1.29, 1.82) is 0 Å². The highest BCUT2D eigenvalue weighted by Crippen LogP contribution is 2.31. The summed E-state index contributed by atoms with van der Waals surface area (Å²) in [4.78, 5) is 4.44. The predicted octanol–water partition coefficient (Wildman–Crippen LogP) is 3.15. The fourth-order valence-electron chi connectivity index (χ4n) is 3.46. The molecule has 2 aliphatic rings. The molecule has 1 heterocycles. The molecule has 1 aliphatic heterocycles. The van der Waals surface area contributed by atoms with Gasteiger partial charge in [-0.25, -0.2) is 0 Å². The summed E-state index contributed by atoms with van der Waals surface area (Å²) in [6.45, 7) is 2.19. The number of guanidine groups is 1. The van der Waals surface area contributed by atoms with Crippen LogP contribution in [0, 0.1) is 0 Å². The van der Waals surface area contributed by atoms with Gasteiger partial charge in [-0.1, -0.05) is 37.5 Å². The Bertz CT molecular complexity index is 541. The minimum Gasteiger partial charge on any atom is -0.493 e. The Morgan fingerprint density at radius 1 is 1.21 bits per heavy atom. The summed E-state index contributed by atoms with van der Waals surface area (Å²) in [7, 11) is 0. The van der Waals surface area contributed by atoms with Gasteiger partial charge in [0.25, 0.3) is 0 Å². The molecule has 1 aliphatic carbocycles. The molecule has 1 atom stereocenters. The van der Waals surface area contributed by atoms with Crippen LogP contribution in [0.15, 0.2) is 29.3 Å². The minimum atomic E-state index is 0.178. The highest BCUT2D eigenvalue weighted by molar-refractivity contribution is 5.78. The normalized spacial score (nSPS) is 21.8. The predicted molar refractivity (Wildman–Crippen MR) is 96.4 cm³/mol. The molecule has 3 N–H and O–H groups in total. The number of fused-ring (bicyclic) bond motifs is 1. The first-order chi connectivity index (χ1) is 11.8. The SMILES string of the molecule is NC(=NCCCOC1CCCCC1)NC1CCOc2ccccc21. The van der Waals surface area contributed by atoms with Crippen LogP contribution in [0.4, 0.5) is 0 Å². The lowest BCUT2D eigenvalue weighted by atomic mass is 9.98. The van der Waals surface area contributed by atoms with E-state index >= 15 is 0 Å². The zero-order chi connectivity index (χ0) is 16.6. The number of benzene rings is 1. The first-order valence-electron chi connectivity index (χ1n) is 9.23. The summed E-state index contributed by atoms with van der Waals surface area (Å²) in [5.41, 5.74) is 7.20. The quantitative estimate of drug-likeness (QED) is 0.477. The molecule has 0 radical (unpaired) electrons. The van der Waals surface area contributed by atoms with Crippen molar-refractivity contribution in [3.05, 3.63) is 29.8 Å². The molecule has 1 aromatic carbocycles. The molecule has 0 amide bonds. The number of nitrogens with one attached hydrogen (secondary N) is 1. The van der Waals surface area contributed by atoms with Crippen LogP contribution in [-0.4, -0.2) is 31.8 Å². The fraction of sp³-hybridized carbons (Fsp3) is 0.632. The van der Waals surface area contributed by atoms with Crippen molar-refractivity contribution in [1.82, 2.24) is 5.32 Å². The van der Waals surface area contributed by atoms with E-state index in [-0.39, 0.29) is 6.04 Å². The lowest BCUT2D eigenvalue weighted by Crippen LogP contribution is -2.37. The van der Waals surface area contributed by atoms with Crippen molar-refractivity contribution in [2.75, 3.05) is 19.8 Å². The number of rotatable bonds is 6. The maximum atomic E-state index is 6.04. The van der Waals surface area contributed by atoms with Gasteiger partial charge in [-0.2, -0.15) is 0 Å². The van der Waals surface area contributed by atoms with Crippen molar-refractivity contribution in [3.63, 3.8) is 0 Å². The monoisotopic (exact) mass is 331 g/mol. The molecule has 0 bridgehead atoms. The average molecular weight is 331 g/mol. The zero-order valence-electron chi connectivity index (χ0n) is 14.4. The third-order valence-electron chi connectivity index (χ3n) is 4.77. The second-order valence-corrected chi connectivity index (χ2v) is 6.62. The van der Waals surface area contributed by atoms with Crippen LogP contribution in [0.25, 0.3) is 0 Å². The van der Waals surface area contributed by atoms with Crippen LogP contribution in [0.5, 0.6) is 5.75 Å². The highest BCUT2D eigenvalue weighted by Gasteiger charge is 2.21. The van der Waals surface area contributed by atoms with Gasteiger partial charge in [0.1, 0.15) is 5.75 Å². The van der Waals surface area contributed by atoms with Gasteiger partial charge >= 0.3 is 0 Å². The number of aliphatic imine (C=N–C) groups is 1. The van der Waals surface area contributed by atoms with Crippen LogP contribution in [-0.2, 0) is 4.74 Å². The Labute approximate surface area is 144 Å². The molecule has 5 nitrogen and oxygen atoms in total. The summed E-state index contributed by atoms with van der Waals surface area (Å²) in [6, 6.07) is 8.27. The van der Waals surface area contributed by atoms with E-state index in [1.165, 1.54) is 32.1 Å². The third kappa shape index (κ3) is 4.87. The van der Waals surface area contributed by atoms with Gasteiger partial charge in [0, 0.05) is 25.1 Å². The van der Waals surface area contributed by atoms with Crippen molar-refractivity contribution in [2.24, 2.45) is 10.7 Å². The number of hydrogen-bond donors (Lipinski definition) is 2. The molecular weight excluding hydrogens is 302 g/mol. The van der Waals surface area contributed by atoms with Gasteiger partial charge in [0.2, 0.25) is 0 Å². The molecule has 3 rings (SSSR count). The third-order valence-corrected chi connectivity index (χ3v) is 4.77. The largest absolute Gasteiger partial charge is 0.493 e. The Kier molecular flexibility index (Phi) is 6.35. The summed E-state index contributed by atoms with van der Waals surface area (Å²) < 4.78 is 11.6. The van der Waals surface area contributed by atoms with Crippen LogP contribution in [0.2, 0.25) is 0 Å². The van der Waals surface area contributed by atoms with Crippen LogP contribution >= 0.6 is 0 Å². The van der Waals surface area contributed by atoms with Crippen molar-refractivity contribution in [3.8, 4) is 5.75 Å². The molecular formula is C19H29N3O2. The summed E-state index contributed by atoms with van der Waals surface area (Å²) in [5.74, 6) is 1.45. The number of ether oxygens (including phenoxy) is 2. The topological polar surface area (TPSA) is 68.9 Å². The van der Waals surface area contributed by atoms with Gasteiger partial charge < -0.3 is 20.5 Å². The Balaban J connectivity index is 1.39. The lowest BCUT2D eigenvalue weighted by molar-refractivity contribution is 0.0281. The van der Waals surface area contributed by atoms with E-state index in [9.17, 15) is 0 Å². The standard InChI is InChI=1S/C19H29N3O2/c20-19(21-12-6-13-23-15-7-2-1-3-8-15)22-17-11-14-24-18-10-5-4-9-16(17)18/h4-5,9-10,15,17H,1-3,6-8,11-14H2,(H3,20,21,22). The summed E-state index contributed by atoms with van der Waals surface area (Å²) in [6.07, 6.45) is 8.71. The molecule has 1 aromatic rings. The summed E-state index contributed by atoms with van der Waals surface area (Å²) >= 11 is 0. The van der Waals surface area contributed by atoms with E-state index in [1.807, 2.05) is 18.2 Å². The minimum absolute atomic E-state index is 0.178. The van der Waals surface area contributed by atoms with Gasteiger partial charge in [0.05, 0.1) is 18.8 Å². The molecule has 0 spiro atoms. The number of para-hydroxylation sites is 1. The van der Waals surface area contributed by atoms with Crippen LogP contribution in [0.3, 0.4) is 0 Å². The Hall–Kier alpha value is -1.75. The van der Waals surface area contributed by atoms with Gasteiger partial charge in [-0.05, 0) is 25.3 Å². The molecule has 1 unspecified atom stereocenters. The molecule has 24 heavy (non-hydrogen) atoms. The van der Waals surface area contributed by atoms with Crippen LogP contribution in [0.1, 0.15) is 56.6 Å². The van der Waals surface area contributed by atoms with E-state index in [0.29, 0.717) is 25.2 Å². The maximum Gasteiger partial charge on any atom is 0.189 e. The van der Waals surface area contributed by atoms with Crippen molar-refractivity contribution in [2.45, 2.75) is 57.1 Å². The zero-order valence-corrected chi connectivity index (χ0v) is 14.4. The Morgan fingerprint density at radius 2 is 2.04 bits per heavy atom. The van der Waals surface area contributed by atoms with E-state index < -0.39 is 0 Å². The first-order valence-corrected chi connectivity index (χ1v) is 9.23. The van der Waals surface area contributed by atoms with E-state index in [1.54, 1.807) is 0 Å². The second kappa shape index (κ2) is 8.92. The Morgan fingerprint density at radius 3 is 2.92 bits per heavy atom. The number of hydrogen-bond acceptors (Lipinski definition) is 3.